The Balaban J connectivity index is 1.87. The molecule has 3 heteroatoms. The summed E-state index contributed by atoms with van der Waals surface area (Å²) >= 11 is 2.07. The molecule has 0 saturated heterocycles. The molecule has 2 saturated carbocycles. The number of hydrogen-bond donors (Lipinski definition) is 1. The first-order valence-corrected chi connectivity index (χ1v) is 9.03. The average molecular weight is 280 g/mol. The highest BCUT2D eigenvalue weighted by atomic mass is 32.2. The van der Waals surface area contributed by atoms with Crippen molar-refractivity contribution in [3.63, 3.8) is 0 Å². The Morgan fingerprint density at radius 1 is 1.32 bits per heavy atom. The summed E-state index contributed by atoms with van der Waals surface area (Å²) in [4.78, 5) is 0. The monoisotopic (exact) mass is 280 g/mol. The van der Waals surface area contributed by atoms with Crippen LogP contribution in [0.15, 0.2) is 0 Å². The highest BCUT2D eigenvalue weighted by Crippen LogP contribution is 2.43. The maximum Gasteiger partial charge on any atom is 0.118 e. The SMILES string of the molecule is CCCNC(C#N)(CSC1CCCC(C)C1)C1CC1. The van der Waals surface area contributed by atoms with Crippen LogP contribution in [0.2, 0.25) is 0 Å². The van der Waals surface area contributed by atoms with Gasteiger partial charge in [0.05, 0.1) is 6.07 Å². The zero-order valence-electron chi connectivity index (χ0n) is 12.5. The van der Waals surface area contributed by atoms with Gasteiger partial charge in [-0.25, -0.2) is 0 Å². The van der Waals surface area contributed by atoms with Crippen LogP contribution < -0.4 is 5.32 Å². The first-order chi connectivity index (χ1) is 9.20. The Kier molecular flexibility index (Phi) is 5.59. The van der Waals surface area contributed by atoms with Gasteiger partial charge >= 0.3 is 0 Å². The second-order valence-corrected chi connectivity index (χ2v) is 7.78. The topological polar surface area (TPSA) is 35.8 Å². The van der Waals surface area contributed by atoms with E-state index in [-0.39, 0.29) is 5.54 Å². The molecule has 2 aliphatic carbocycles. The van der Waals surface area contributed by atoms with Crippen molar-refractivity contribution < 1.29 is 0 Å². The van der Waals surface area contributed by atoms with Crippen LogP contribution in [-0.2, 0) is 0 Å². The van der Waals surface area contributed by atoms with Gasteiger partial charge < -0.3 is 0 Å². The molecule has 108 valence electrons. The van der Waals surface area contributed by atoms with Gasteiger partial charge in [0.2, 0.25) is 0 Å². The number of hydrogen-bond acceptors (Lipinski definition) is 3. The van der Waals surface area contributed by atoms with Gasteiger partial charge in [-0.15, -0.1) is 0 Å². The van der Waals surface area contributed by atoms with Crippen molar-refractivity contribution in [2.24, 2.45) is 11.8 Å². The molecule has 3 unspecified atom stereocenters. The fraction of sp³-hybridized carbons (Fsp3) is 0.938. The van der Waals surface area contributed by atoms with Crippen LogP contribution in [0.1, 0.15) is 58.8 Å². The molecule has 3 atom stereocenters. The van der Waals surface area contributed by atoms with Crippen LogP contribution in [0.5, 0.6) is 0 Å². The predicted molar refractivity (Wildman–Crippen MR) is 83.2 cm³/mol. The van der Waals surface area contributed by atoms with E-state index in [1.54, 1.807) is 0 Å². The van der Waals surface area contributed by atoms with Crippen molar-refractivity contribution in [3.05, 3.63) is 0 Å². The molecule has 2 rings (SSSR count). The lowest BCUT2D eigenvalue weighted by Crippen LogP contribution is -2.49. The van der Waals surface area contributed by atoms with Gasteiger partial charge in [0, 0.05) is 11.0 Å². The lowest BCUT2D eigenvalue weighted by atomic mass is 9.90. The first kappa shape index (κ1) is 15.2. The van der Waals surface area contributed by atoms with Crippen LogP contribution in [-0.4, -0.2) is 23.1 Å². The minimum atomic E-state index is -0.235. The molecule has 0 radical (unpaired) electrons. The summed E-state index contributed by atoms with van der Waals surface area (Å²) in [5, 5.41) is 14.0. The minimum absolute atomic E-state index is 0.235. The summed E-state index contributed by atoms with van der Waals surface area (Å²) in [7, 11) is 0. The lowest BCUT2D eigenvalue weighted by Gasteiger charge is -2.32. The quantitative estimate of drug-likeness (QED) is 0.766. The molecule has 0 heterocycles. The average Bonchev–Trinajstić information content (AvgIpc) is 3.25. The fourth-order valence-electron chi connectivity index (χ4n) is 3.18. The van der Waals surface area contributed by atoms with E-state index in [0.717, 1.165) is 29.9 Å². The summed E-state index contributed by atoms with van der Waals surface area (Å²) in [5.74, 6) is 2.48. The van der Waals surface area contributed by atoms with Crippen molar-refractivity contribution in [1.82, 2.24) is 5.32 Å². The van der Waals surface area contributed by atoms with E-state index in [9.17, 15) is 5.26 Å². The van der Waals surface area contributed by atoms with Crippen molar-refractivity contribution >= 4 is 11.8 Å². The van der Waals surface area contributed by atoms with Crippen molar-refractivity contribution in [3.8, 4) is 6.07 Å². The van der Waals surface area contributed by atoms with E-state index in [2.05, 4.69) is 37.0 Å². The van der Waals surface area contributed by atoms with Gasteiger partial charge in [0.1, 0.15) is 5.54 Å². The normalized spacial score (nSPS) is 30.6. The number of thioether (sulfide) groups is 1. The molecule has 0 aromatic heterocycles. The van der Waals surface area contributed by atoms with Gasteiger partial charge in [-0.05, 0) is 50.5 Å². The number of nitriles is 1. The summed E-state index contributed by atoms with van der Waals surface area (Å²) in [6.07, 6.45) is 9.08. The molecule has 2 aliphatic rings. The molecule has 2 nitrogen and oxygen atoms in total. The molecular formula is C16H28N2S. The van der Waals surface area contributed by atoms with Gasteiger partial charge in [0.25, 0.3) is 0 Å². The van der Waals surface area contributed by atoms with E-state index in [4.69, 9.17) is 0 Å². The van der Waals surface area contributed by atoms with Crippen molar-refractivity contribution in [1.29, 1.82) is 5.26 Å². The molecule has 0 aromatic rings. The zero-order valence-corrected chi connectivity index (χ0v) is 13.3. The summed E-state index contributed by atoms with van der Waals surface area (Å²) in [6.45, 7) is 5.53. The molecule has 1 N–H and O–H groups in total. The molecule has 0 spiro atoms. The van der Waals surface area contributed by atoms with Gasteiger partial charge in [-0.2, -0.15) is 17.0 Å². The molecule has 2 fully saturated rings. The van der Waals surface area contributed by atoms with Crippen LogP contribution in [0.25, 0.3) is 0 Å². The van der Waals surface area contributed by atoms with Gasteiger partial charge in [-0.3, -0.25) is 5.32 Å². The van der Waals surface area contributed by atoms with E-state index in [1.165, 1.54) is 38.5 Å². The lowest BCUT2D eigenvalue weighted by molar-refractivity contribution is 0.387. The molecule has 0 amide bonds. The van der Waals surface area contributed by atoms with E-state index < -0.39 is 0 Å². The van der Waals surface area contributed by atoms with Gasteiger partial charge in [0.15, 0.2) is 0 Å². The van der Waals surface area contributed by atoms with Crippen molar-refractivity contribution in [2.45, 2.75) is 69.6 Å². The summed E-state index contributed by atoms with van der Waals surface area (Å²) in [5.41, 5.74) is -0.235. The smallest absolute Gasteiger partial charge is 0.118 e. The van der Waals surface area contributed by atoms with Crippen LogP contribution in [0.3, 0.4) is 0 Å². The maximum absolute atomic E-state index is 9.67. The Morgan fingerprint density at radius 2 is 2.11 bits per heavy atom. The number of rotatable bonds is 7. The molecule has 0 bridgehead atoms. The molecular weight excluding hydrogens is 252 g/mol. The van der Waals surface area contributed by atoms with E-state index >= 15 is 0 Å². The Hall–Kier alpha value is -0.200. The van der Waals surface area contributed by atoms with E-state index in [1.807, 2.05) is 0 Å². The molecule has 0 aromatic carbocycles. The number of nitrogens with one attached hydrogen (secondary N) is 1. The standard InChI is InChI=1S/C16H28N2S/c1-3-9-18-16(11-17,14-7-8-14)12-19-15-6-4-5-13(2)10-15/h13-15,18H,3-10,12H2,1-2H3. The van der Waals surface area contributed by atoms with Crippen LogP contribution >= 0.6 is 11.8 Å². The maximum atomic E-state index is 9.67. The Bertz CT molecular complexity index is 321. The summed E-state index contributed by atoms with van der Waals surface area (Å²) < 4.78 is 0. The minimum Gasteiger partial charge on any atom is -0.298 e. The number of nitrogens with zero attached hydrogens (tertiary/aromatic N) is 1. The molecule has 0 aliphatic heterocycles. The third-order valence-corrected chi connectivity index (χ3v) is 6.12. The van der Waals surface area contributed by atoms with Crippen molar-refractivity contribution in [2.75, 3.05) is 12.3 Å². The third-order valence-electron chi connectivity index (χ3n) is 4.60. The first-order valence-electron chi connectivity index (χ1n) is 7.98. The highest BCUT2D eigenvalue weighted by Gasteiger charge is 2.45. The Morgan fingerprint density at radius 3 is 2.68 bits per heavy atom. The van der Waals surface area contributed by atoms with Crippen LogP contribution in [0, 0.1) is 23.2 Å². The largest absolute Gasteiger partial charge is 0.298 e. The molecule has 19 heavy (non-hydrogen) atoms. The Labute approximate surface area is 122 Å². The highest BCUT2D eigenvalue weighted by molar-refractivity contribution is 8.00. The third kappa shape index (κ3) is 4.13. The predicted octanol–water partition coefficient (Wildman–Crippen LogP) is 3.97. The second kappa shape index (κ2) is 6.99. The van der Waals surface area contributed by atoms with Crippen LogP contribution in [0.4, 0.5) is 0 Å². The van der Waals surface area contributed by atoms with E-state index in [0.29, 0.717) is 5.92 Å². The van der Waals surface area contributed by atoms with Gasteiger partial charge in [-0.1, -0.05) is 26.7 Å². The summed E-state index contributed by atoms with van der Waals surface area (Å²) in [6, 6.07) is 2.63. The second-order valence-electron chi connectivity index (χ2n) is 6.49. The fourth-order valence-corrected chi connectivity index (χ4v) is 4.88. The zero-order chi connectivity index (χ0) is 13.7.